The van der Waals surface area contributed by atoms with E-state index >= 15 is 0 Å². The molecule has 13 heteroatoms. The van der Waals surface area contributed by atoms with Crippen LogP contribution in [-0.2, 0) is 35.2 Å². The molecule has 0 bridgehead atoms. The molecule has 1 fully saturated rings. The monoisotopic (exact) mass is 490 g/mol. The number of aliphatic carboxylic acids is 1. The third-order valence-electron chi connectivity index (χ3n) is 5.51. The lowest BCUT2D eigenvalue weighted by Gasteiger charge is -2.29. The van der Waals surface area contributed by atoms with E-state index in [4.69, 9.17) is 17.2 Å². The molecule has 35 heavy (non-hydrogen) atoms. The van der Waals surface area contributed by atoms with E-state index in [2.05, 4.69) is 10.6 Å². The number of nitrogens with zero attached hydrogens (tertiary/aromatic N) is 1. The molecule has 190 valence electrons. The first-order valence-electron chi connectivity index (χ1n) is 11.0. The number of carbonyl (C=O) groups is 6. The number of rotatable bonds is 12. The first-order chi connectivity index (χ1) is 16.5. The molecular formula is C22H30N6O7. The third-order valence-corrected chi connectivity index (χ3v) is 5.51. The lowest BCUT2D eigenvalue weighted by molar-refractivity contribution is -0.145. The number of likely N-dealkylation sites (tertiary alicyclic amines) is 1. The van der Waals surface area contributed by atoms with E-state index in [0.717, 1.165) is 0 Å². The summed E-state index contributed by atoms with van der Waals surface area (Å²) in [7, 11) is 0. The first-order valence-corrected chi connectivity index (χ1v) is 11.0. The molecule has 4 atom stereocenters. The highest BCUT2D eigenvalue weighted by Gasteiger charge is 2.39. The summed E-state index contributed by atoms with van der Waals surface area (Å²) in [6.45, 7) is 0.145. The summed E-state index contributed by atoms with van der Waals surface area (Å²) in [6, 6.07) is 3.73. The molecule has 2 rings (SSSR count). The summed E-state index contributed by atoms with van der Waals surface area (Å²) >= 11 is 0. The number of amides is 5. The Kier molecular flexibility index (Phi) is 9.70. The molecule has 13 nitrogen and oxygen atoms in total. The van der Waals surface area contributed by atoms with E-state index in [0.29, 0.717) is 12.0 Å². The predicted molar refractivity (Wildman–Crippen MR) is 122 cm³/mol. The van der Waals surface area contributed by atoms with Crippen molar-refractivity contribution in [2.24, 2.45) is 17.2 Å². The summed E-state index contributed by atoms with van der Waals surface area (Å²) in [5, 5.41) is 14.3. The van der Waals surface area contributed by atoms with Gasteiger partial charge in [0.25, 0.3) is 0 Å². The fourth-order valence-electron chi connectivity index (χ4n) is 3.81. The Hall–Kier alpha value is -4.00. The number of carboxylic acids is 1. The van der Waals surface area contributed by atoms with Crippen molar-refractivity contribution in [2.75, 3.05) is 6.54 Å². The highest BCUT2D eigenvalue weighted by atomic mass is 16.4. The highest BCUT2D eigenvalue weighted by molar-refractivity contribution is 5.97. The van der Waals surface area contributed by atoms with Crippen LogP contribution in [0.2, 0.25) is 0 Å². The van der Waals surface area contributed by atoms with Crippen molar-refractivity contribution < 1.29 is 33.9 Å². The van der Waals surface area contributed by atoms with Gasteiger partial charge in [0, 0.05) is 13.0 Å². The Balaban J connectivity index is 2.13. The predicted octanol–water partition coefficient (Wildman–Crippen LogP) is -2.65. The molecule has 0 aliphatic carbocycles. The first kappa shape index (κ1) is 27.2. The van der Waals surface area contributed by atoms with Crippen molar-refractivity contribution in [1.82, 2.24) is 15.5 Å². The van der Waals surface area contributed by atoms with Gasteiger partial charge in [-0.05, 0) is 18.4 Å². The summed E-state index contributed by atoms with van der Waals surface area (Å²) in [6.07, 6.45) is -0.298. The van der Waals surface area contributed by atoms with Gasteiger partial charge in [0.2, 0.25) is 29.5 Å². The van der Waals surface area contributed by atoms with Gasteiger partial charge >= 0.3 is 5.97 Å². The van der Waals surface area contributed by atoms with Crippen LogP contribution in [0.15, 0.2) is 30.3 Å². The number of carboxylic acid groups (broad SMARTS) is 1. The van der Waals surface area contributed by atoms with Crippen LogP contribution in [0.25, 0.3) is 0 Å². The molecule has 5 amide bonds. The minimum atomic E-state index is -1.42. The van der Waals surface area contributed by atoms with Crippen molar-refractivity contribution in [2.45, 2.75) is 56.3 Å². The molecule has 4 unspecified atom stereocenters. The maximum absolute atomic E-state index is 13.2. The van der Waals surface area contributed by atoms with Gasteiger partial charge in [0.05, 0.1) is 18.9 Å². The maximum Gasteiger partial charge on any atom is 0.326 e. The maximum atomic E-state index is 13.2. The number of primary amides is 2. The fraction of sp³-hybridized carbons (Fsp3) is 0.455. The molecule has 1 aliphatic rings. The minimum Gasteiger partial charge on any atom is -0.480 e. The van der Waals surface area contributed by atoms with E-state index in [-0.39, 0.29) is 19.4 Å². The number of benzene rings is 1. The zero-order valence-electron chi connectivity index (χ0n) is 19.0. The van der Waals surface area contributed by atoms with Crippen molar-refractivity contribution in [3.05, 3.63) is 35.9 Å². The average molecular weight is 491 g/mol. The standard InChI is InChI=1S/C22H30N6O7/c23-13(10-17(24)29)19(31)26-14(11-18(25)30)21(33)28-8-4-7-16(28)20(32)27-15(22(34)35)9-12-5-2-1-3-6-12/h1-3,5-6,13-16H,4,7-11,23H2,(H2,24,29)(H2,25,30)(H,26,31)(H,27,32)(H,34,35). The van der Waals surface area contributed by atoms with Gasteiger partial charge in [0.15, 0.2) is 0 Å². The summed E-state index contributed by atoms with van der Waals surface area (Å²) < 4.78 is 0. The second-order valence-electron chi connectivity index (χ2n) is 8.29. The Morgan fingerprint density at radius 3 is 2.17 bits per heavy atom. The van der Waals surface area contributed by atoms with Crippen molar-refractivity contribution in [3.8, 4) is 0 Å². The van der Waals surface area contributed by atoms with Gasteiger partial charge in [-0.3, -0.25) is 24.0 Å². The fourth-order valence-corrected chi connectivity index (χ4v) is 3.81. The molecule has 0 aromatic heterocycles. The van der Waals surface area contributed by atoms with Crippen LogP contribution in [0.5, 0.6) is 0 Å². The van der Waals surface area contributed by atoms with Crippen molar-refractivity contribution in [1.29, 1.82) is 0 Å². The highest BCUT2D eigenvalue weighted by Crippen LogP contribution is 2.20. The van der Waals surface area contributed by atoms with E-state index in [9.17, 15) is 33.9 Å². The van der Waals surface area contributed by atoms with Crippen LogP contribution in [0.4, 0.5) is 0 Å². The van der Waals surface area contributed by atoms with Crippen LogP contribution < -0.4 is 27.8 Å². The molecule has 0 radical (unpaired) electrons. The smallest absolute Gasteiger partial charge is 0.326 e. The number of nitrogens with two attached hydrogens (primary N) is 3. The van der Waals surface area contributed by atoms with E-state index in [1.54, 1.807) is 30.3 Å². The largest absolute Gasteiger partial charge is 0.480 e. The van der Waals surface area contributed by atoms with Gasteiger partial charge in [-0.2, -0.15) is 0 Å². The molecule has 9 N–H and O–H groups in total. The van der Waals surface area contributed by atoms with Crippen LogP contribution in [0.1, 0.15) is 31.2 Å². The quantitative estimate of drug-likeness (QED) is 0.181. The molecule has 1 aromatic rings. The van der Waals surface area contributed by atoms with Gasteiger partial charge in [-0.1, -0.05) is 30.3 Å². The third kappa shape index (κ3) is 8.07. The van der Waals surface area contributed by atoms with Gasteiger partial charge < -0.3 is 37.8 Å². The normalized spacial score (nSPS) is 17.6. The Morgan fingerprint density at radius 2 is 1.60 bits per heavy atom. The SMILES string of the molecule is NC(=O)CC(N)C(=O)NC(CC(N)=O)C(=O)N1CCCC1C(=O)NC(Cc1ccccc1)C(=O)O. The number of hydrogen-bond donors (Lipinski definition) is 6. The number of carbonyl (C=O) groups excluding carboxylic acids is 5. The second kappa shape index (κ2) is 12.5. The topological polar surface area (TPSA) is 228 Å². The second-order valence-corrected chi connectivity index (χ2v) is 8.29. The van der Waals surface area contributed by atoms with Gasteiger partial charge in [-0.25, -0.2) is 4.79 Å². The summed E-state index contributed by atoms with van der Waals surface area (Å²) in [5.74, 6) is -5.27. The van der Waals surface area contributed by atoms with E-state index in [1.807, 2.05) is 0 Å². The van der Waals surface area contributed by atoms with E-state index in [1.165, 1.54) is 4.90 Å². The minimum absolute atomic E-state index is 0.0424. The Bertz CT molecular complexity index is 970. The Labute approximate surface area is 201 Å². The molecule has 0 saturated carbocycles. The number of hydrogen-bond acceptors (Lipinski definition) is 7. The van der Waals surface area contributed by atoms with Gasteiger partial charge in [0.1, 0.15) is 18.1 Å². The van der Waals surface area contributed by atoms with Crippen LogP contribution in [0.3, 0.4) is 0 Å². The van der Waals surface area contributed by atoms with Gasteiger partial charge in [-0.15, -0.1) is 0 Å². The average Bonchev–Trinajstić information content (AvgIpc) is 3.27. The summed E-state index contributed by atoms with van der Waals surface area (Å²) in [5.41, 5.74) is 16.6. The molecule has 0 spiro atoms. The number of nitrogens with one attached hydrogen (secondary N) is 2. The van der Waals surface area contributed by atoms with Crippen molar-refractivity contribution >= 4 is 35.5 Å². The molecular weight excluding hydrogens is 460 g/mol. The summed E-state index contributed by atoms with van der Waals surface area (Å²) in [4.78, 5) is 73.8. The molecule has 1 saturated heterocycles. The molecule has 1 aliphatic heterocycles. The lowest BCUT2D eigenvalue weighted by atomic mass is 10.0. The lowest BCUT2D eigenvalue weighted by Crippen LogP contribution is -2.57. The zero-order valence-corrected chi connectivity index (χ0v) is 19.0. The molecule has 1 heterocycles. The van der Waals surface area contributed by atoms with E-state index < -0.39 is 72.5 Å². The zero-order chi connectivity index (χ0) is 26.1. The Morgan fingerprint density at radius 1 is 0.971 bits per heavy atom. The van der Waals surface area contributed by atoms with Crippen LogP contribution in [-0.4, -0.2) is 76.2 Å². The molecule has 1 aromatic carbocycles. The van der Waals surface area contributed by atoms with Crippen LogP contribution in [0, 0.1) is 0 Å². The van der Waals surface area contributed by atoms with Crippen LogP contribution >= 0.6 is 0 Å². The van der Waals surface area contributed by atoms with Crippen molar-refractivity contribution in [3.63, 3.8) is 0 Å².